The highest BCUT2D eigenvalue weighted by molar-refractivity contribution is 5.96. The van der Waals surface area contributed by atoms with Gasteiger partial charge in [-0.15, -0.1) is 0 Å². The summed E-state index contributed by atoms with van der Waals surface area (Å²) in [6, 6.07) is 8.01. The molecule has 1 aromatic rings. The molecular weight excluding hydrogens is 314 g/mol. The number of anilines is 2. The Balaban J connectivity index is 1.45. The SMILES string of the molecule is O=C(CNC1CCCCCCC1)Nc1ccc(N2CCCC2=O)cc1. The van der Waals surface area contributed by atoms with Crippen molar-refractivity contribution < 1.29 is 9.59 Å². The predicted octanol–water partition coefficient (Wildman–Crippen LogP) is 3.45. The molecule has 2 aliphatic rings. The maximum absolute atomic E-state index is 12.2. The average molecular weight is 343 g/mol. The van der Waals surface area contributed by atoms with Gasteiger partial charge in [0.1, 0.15) is 0 Å². The number of amides is 2. The van der Waals surface area contributed by atoms with Gasteiger partial charge in [-0.2, -0.15) is 0 Å². The first-order valence-electron chi connectivity index (χ1n) is 9.66. The quantitative estimate of drug-likeness (QED) is 0.861. The van der Waals surface area contributed by atoms with Gasteiger partial charge in [0.2, 0.25) is 11.8 Å². The van der Waals surface area contributed by atoms with Crippen LogP contribution in [0.3, 0.4) is 0 Å². The highest BCUT2D eigenvalue weighted by atomic mass is 16.2. The number of benzene rings is 1. The van der Waals surface area contributed by atoms with E-state index in [1.54, 1.807) is 0 Å². The van der Waals surface area contributed by atoms with Gasteiger partial charge in [-0.1, -0.05) is 32.1 Å². The van der Waals surface area contributed by atoms with Gasteiger partial charge in [0.15, 0.2) is 0 Å². The molecule has 0 unspecified atom stereocenters. The summed E-state index contributed by atoms with van der Waals surface area (Å²) in [6.45, 7) is 1.15. The summed E-state index contributed by atoms with van der Waals surface area (Å²) in [5.74, 6) is 0.173. The van der Waals surface area contributed by atoms with E-state index in [1.807, 2.05) is 29.2 Å². The molecule has 136 valence electrons. The zero-order chi connectivity index (χ0) is 17.5. The van der Waals surface area contributed by atoms with E-state index < -0.39 is 0 Å². The summed E-state index contributed by atoms with van der Waals surface area (Å²) >= 11 is 0. The van der Waals surface area contributed by atoms with Crippen molar-refractivity contribution >= 4 is 23.2 Å². The van der Waals surface area contributed by atoms with Crippen LogP contribution in [0.15, 0.2) is 24.3 Å². The van der Waals surface area contributed by atoms with Crippen LogP contribution in [0.2, 0.25) is 0 Å². The van der Waals surface area contributed by atoms with Crippen LogP contribution in [0.1, 0.15) is 57.8 Å². The van der Waals surface area contributed by atoms with Gasteiger partial charge in [-0.3, -0.25) is 9.59 Å². The molecule has 0 atom stereocenters. The van der Waals surface area contributed by atoms with Gasteiger partial charge in [0.05, 0.1) is 6.54 Å². The van der Waals surface area contributed by atoms with Crippen LogP contribution >= 0.6 is 0 Å². The molecule has 0 radical (unpaired) electrons. The van der Waals surface area contributed by atoms with Gasteiger partial charge < -0.3 is 15.5 Å². The Morgan fingerprint density at radius 3 is 2.32 bits per heavy atom. The molecule has 1 aromatic carbocycles. The first kappa shape index (κ1) is 17.9. The molecule has 0 bridgehead atoms. The summed E-state index contributed by atoms with van der Waals surface area (Å²) in [5, 5.41) is 6.34. The highest BCUT2D eigenvalue weighted by Crippen LogP contribution is 2.23. The summed E-state index contributed by atoms with van der Waals surface area (Å²) in [5.41, 5.74) is 1.69. The molecule has 5 heteroatoms. The number of nitrogens with one attached hydrogen (secondary N) is 2. The molecule has 1 aliphatic heterocycles. The third-order valence-electron chi connectivity index (χ3n) is 5.19. The Hall–Kier alpha value is -1.88. The number of rotatable bonds is 5. The average Bonchev–Trinajstić information content (AvgIpc) is 3.01. The number of hydrogen-bond donors (Lipinski definition) is 2. The summed E-state index contributed by atoms with van der Waals surface area (Å²) in [6.07, 6.45) is 10.4. The van der Waals surface area contributed by atoms with Crippen LogP contribution in [0.5, 0.6) is 0 Å². The number of carbonyl (C=O) groups excluding carboxylic acids is 2. The molecule has 1 aliphatic carbocycles. The Labute approximate surface area is 150 Å². The fourth-order valence-corrected chi connectivity index (χ4v) is 3.75. The molecule has 0 spiro atoms. The van der Waals surface area contributed by atoms with Gasteiger partial charge in [0, 0.05) is 30.4 Å². The van der Waals surface area contributed by atoms with Crippen molar-refractivity contribution in [3.63, 3.8) is 0 Å². The molecule has 5 nitrogen and oxygen atoms in total. The van der Waals surface area contributed by atoms with Crippen molar-refractivity contribution in [3.05, 3.63) is 24.3 Å². The third kappa shape index (κ3) is 5.30. The minimum atomic E-state index is -0.00735. The van der Waals surface area contributed by atoms with Crippen LogP contribution < -0.4 is 15.5 Å². The lowest BCUT2D eigenvalue weighted by atomic mass is 9.97. The maximum Gasteiger partial charge on any atom is 0.238 e. The second-order valence-corrected chi connectivity index (χ2v) is 7.17. The topological polar surface area (TPSA) is 61.4 Å². The summed E-state index contributed by atoms with van der Waals surface area (Å²) < 4.78 is 0. The van der Waals surface area contributed by atoms with E-state index in [1.165, 1.54) is 44.9 Å². The molecule has 1 saturated carbocycles. The van der Waals surface area contributed by atoms with Crippen LogP contribution in [0.25, 0.3) is 0 Å². The van der Waals surface area contributed by atoms with Crippen molar-refractivity contribution in [3.8, 4) is 0 Å². The molecular formula is C20H29N3O2. The lowest BCUT2D eigenvalue weighted by Gasteiger charge is -2.21. The predicted molar refractivity (Wildman–Crippen MR) is 101 cm³/mol. The Morgan fingerprint density at radius 2 is 1.68 bits per heavy atom. The molecule has 25 heavy (non-hydrogen) atoms. The van der Waals surface area contributed by atoms with Gasteiger partial charge in [-0.25, -0.2) is 0 Å². The number of nitrogens with zero attached hydrogens (tertiary/aromatic N) is 1. The third-order valence-corrected chi connectivity index (χ3v) is 5.19. The van der Waals surface area contributed by atoms with E-state index in [9.17, 15) is 9.59 Å². The van der Waals surface area contributed by atoms with E-state index in [-0.39, 0.29) is 11.8 Å². The van der Waals surface area contributed by atoms with Gasteiger partial charge in [-0.05, 0) is 43.5 Å². The first-order chi connectivity index (χ1) is 12.2. The number of carbonyl (C=O) groups is 2. The summed E-state index contributed by atoms with van der Waals surface area (Å²) in [4.78, 5) is 25.7. The van der Waals surface area contributed by atoms with Crippen LogP contribution in [-0.4, -0.2) is 30.9 Å². The monoisotopic (exact) mass is 343 g/mol. The Kier molecular flexibility index (Phi) is 6.45. The van der Waals surface area contributed by atoms with Crippen LogP contribution in [0.4, 0.5) is 11.4 Å². The van der Waals surface area contributed by atoms with Crippen molar-refractivity contribution in [1.82, 2.24) is 5.32 Å². The van der Waals surface area contributed by atoms with E-state index in [4.69, 9.17) is 0 Å². The molecule has 2 amide bonds. The fourth-order valence-electron chi connectivity index (χ4n) is 3.75. The summed E-state index contributed by atoms with van der Waals surface area (Å²) in [7, 11) is 0. The van der Waals surface area contributed by atoms with E-state index in [0.29, 0.717) is 19.0 Å². The van der Waals surface area contributed by atoms with E-state index in [0.717, 1.165) is 24.3 Å². The van der Waals surface area contributed by atoms with E-state index in [2.05, 4.69) is 10.6 Å². The normalized spacial score (nSPS) is 19.5. The zero-order valence-electron chi connectivity index (χ0n) is 14.9. The van der Waals surface area contributed by atoms with Crippen LogP contribution in [0, 0.1) is 0 Å². The second kappa shape index (κ2) is 8.99. The second-order valence-electron chi connectivity index (χ2n) is 7.17. The smallest absolute Gasteiger partial charge is 0.238 e. The van der Waals surface area contributed by atoms with Crippen molar-refractivity contribution in [2.75, 3.05) is 23.3 Å². The maximum atomic E-state index is 12.2. The molecule has 1 heterocycles. The fraction of sp³-hybridized carbons (Fsp3) is 0.600. The molecule has 2 N–H and O–H groups in total. The Morgan fingerprint density at radius 1 is 1.00 bits per heavy atom. The first-order valence-corrected chi connectivity index (χ1v) is 9.66. The van der Waals surface area contributed by atoms with Crippen LogP contribution in [-0.2, 0) is 9.59 Å². The molecule has 3 rings (SSSR count). The minimum Gasteiger partial charge on any atom is -0.325 e. The van der Waals surface area contributed by atoms with Crippen molar-refractivity contribution in [2.24, 2.45) is 0 Å². The lowest BCUT2D eigenvalue weighted by molar-refractivity contribution is -0.117. The standard InChI is InChI=1S/C20H29N3O2/c24-19(15-21-16-7-4-2-1-3-5-8-16)22-17-10-12-18(13-11-17)23-14-6-9-20(23)25/h10-13,16,21H,1-9,14-15H2,(H,22,24). The molecule has 1 saturated heterocycles. The van der Waals surface area contributed by atoms with Crippen molar-refractivity contribution in [2.45, 2.75) is 63.8 Å². The minimum absolute atomic E-state index is 0.00735. The Bertz CT molecular complexity index is 577. The lowest BCUT2D eigenvalue weighted by Crippen LogP contribution is -2.36. The van der Waals surface area contributed by atoms with E-state index >= 15 is 0 Å². The molecule has 0 aromatic heterocycles. The van der Waals surface area contributed by atoms with Gasteiger partial charge in [0.25, 0.3) is 0 Å². The molecule has 2 fully saturated rings. The largest absolute Gasteiger partial charge is 0.325 e. The zero-order valence-corrected chi connectivity index (χ0v) is 14.9. The van der Waals surface area contributed by atoms with Crippen molar-refractivity contribution in [1.29, 1.82) is 0 Å². The number of hydrogen-bond acceptors (Lipinski definition) is 3. The highest BCUT2D eigenvalue weighted by Gasteiger charge is 2.21. The van der Waals surface area contributed by atoms with Gasteiger partial charge >= 0.3 is 0 Å².